The molecule has 7 heteroatoms. The van der Waals surface area contributed by atoms with Crippen LogP contribution in [0.2, 0.25) is 0 Å². The molecular weight excluding hydrogens is 258 g/mol. The average Bonchev–Trinajstić information content (AvgIpc) is 2.48. The summed E-state index contributed by atoms with van der Waals surface area (Å²) < 4.78 is 0. The molecule has 100 valence electrons. The second-order valence-corrected chi connectivity index (χ2v) is 3.96. The van der Waals surface area contributed by atoms with E-state index in [1.165, 1.54) is 6.07 Å². The third kappa shape index (κ3) is 3.26. The van der Waals surface area contributed by atoms with E-state index < -0.39 is 4.92 Å². The molecule has 0 saturated carbocycles. The van der Waals surface area contributed by atoms with Gasteiger partial charge in [0.2, 0.25) is 0 Å². The summed E-state index contributed by atoms with van der Waals surface area (Å²) in [6, 6.07) is 8.73. The van der Waals surface area contributed by atoms with Crippen molar-refractivity contribution in [2.75, 3.05) is 11.9 Å². The molecule has 0 bridgehead atoms. The normalized spacial score (nSPS) is 9.75. The number of nitriles is 1. The van der Waals surface area contributed by atoms with Gasteiger partial charge in [-0.15, -0.1) is 0 Å². The highest BCUT2D eigenvalue weighted by Crippen LogP contribution is 2.18. The van der Waals surface area contributed by atoms with Gasteiger partial charge in [0.15, 0.2) is 0 Å². The number of anilines is 1. The van der Waals surface area contributed by atoms with Crippen LogP contribution >= 0.6 is 0 Å². The van der Waals surface area contributed by atoms with Gasteiger partial charge >= 0.3 is 0 Å². The molecule has 7 nitrogen and oxygen atoms in total. The summed E-state index contributed by atoms with van der Waals surface area (Å²) in [7, 11) is 0. The Morgan fingerprint density at radius 3 is 2.90 bits per heavy atom. The van der Waals surface area contributed by atoms with E-state index in [-0.39, 0.29) is 11.3 Å². The fourth-order valence-electron chi connectivity index (χ4n) is 1.63. The number of nitrogens with one attached hydrogen (secondary N) is 1. The van der Waals surface area contributed by atoms with Crippen LogP contribution in [-0.2, 0) is 6.42 Å². The summed E-state index contributed by atoms with van der Waals surface area (Å²) >= 11 is 0. The van der Waals surface area contributed by atoms with Crippen molar-refractivity contribution >= 4 is 11.5 Å². The van der Waals surface area contributed by atoms with Crippen molar-refractivity contribution in [1.82, 2.24) is 9.97 Å². The van der Waals surface area contributed by atoms with E-state index in [1.807, 2.05) is 24.3 Å². The summed E-state index contributed by atoms with van der Waals surface area (Å²) in [6.07, 6.45) is 3.51. The number of nitro groups is 1. The van der Waals surface area contributed by atoms with E-state index in [0.29, 0.717) is 18.8 Å². The van der Waals surface area contributed by atoms with Gasteiger partial charge in [-0.2, -0.15) is 5.26 Å². The Morgan fingerprint density at radius 2 is 2.25 bits per heavy atom. The summed E-state index contributed by atoms with van der Waals surface area (Å²) in [6.45, 7) is 0.538. The largest absolute Gasteiger partial charge is 0.369 e. The van der Waals surface area contributed by atoms with Gasteiger partial charge in [-0.25, -0.2) is 4.98 Å². The Balaban J connectivity index is 2.03. The van der Waals surface area contributed by atoms with Crippen LogP contribution in [0.1, 0.15) is 11.3 Å². The molecule has 0 radical (unpaired) electrons. The van der Waals surface area contributed by atoms with E-state index in [9.17, 15) is 10.1 Å². The summed E-state index contributed by atoms with van der Waals surface area (Å²) in [5, 5.41) is 22.6. The van der Waals surface area contributed by atoms with Gasteiger partial charge in [-0.05, 0) is 12.1 Å². The molecular formula is C13H11N5O2. The van der Waals surface area contributed by atoms with Crippen molar-refractivity contribution in [3.63, 3.8) is 0 Å². The van der Waals surface area contributed by atoms with Crippen LogP contribution in [0.15, 0.2) is 36.7 Å². The molecule has 0 spiro atoms. The fraction of sp³-hybridized carbons (Fsp3) is 0.154. The highest BCUT2D eigenvalue weighted by atomic mass is 16.6. The quantitative estimate of drug-likeness (QED) is 0.656. The summed E-state index contributed by atoms with van der Waals surface area (Å²) in [5.41, 5.74) is 0.873. The molecule has 2 heterocycles. The van der Waals surface area contributed by atoms with E-state index >= 15 is 0 Å². The average molecular weight is 269 g/mol. The minimum absolute atomic E-state index is 0.153. The first kappa shape index (κ1) is 13.4. The fourth-order valence-corrected chi connectivity index (χ4v) is 1.63. The van der Waals surface area contributed by atoms with Gasteiger partial charge in [0.1, 0.15) is 23.6 Å². The Morgan fingerprint density at radius 1 is 1.40 bits per heavy atom. The van der Waals surface area contributed by atoms with Gasteiger partial charge in [0.25, 0.3) is 5.69 Å². The zero-order valence-electron chi connectivity index (χ0n) is 10.5. The van der Waals surface area contributed by atoms with Crippen LogP contribution < -0.4 is 5.32 Å². The van der Waals surface area contributed by atoms with Gasteiger partial charge < -0.3 is 5.32 Å². The van der Waals surface area contributed by atoms with Crippen molar-refractivity contribution in [2.24, 2.45) is 0 Å². The summed E-state index contributed by atoms with van der Waals surface area (Å²) in [5.74, 6) is 0.342. The van der Waals surface area contributed by atoms with Gasteiger partial charge in [0, 0.05) is 30.9 Å². The Labute approximate surface area is 115 Å². The predicted octanol–water partition coefficient (Wildman–Crippen LogP) is 1.91. The van der Waals surface area contributed by atoms with E-state index in [2.05, 4.69) is 15.3 Å². The van der Waals surface area contributed by atoms with Crippen molar-refractivity contribution in [1.29, 1.82) is 5.26 Å². The van der Waals surface area contributed by atoms with E-state index in [4.69, 9.17) is 5.26 Å². The molecule has 0 aliphatic heterocycles. The minimum Gasteiger partial charge on any atom is -0.369 e. The maximum absolute atomic E-state index is 10.6. The monoisotopic (exact) mass is 269 g/mol. The molecule has 2 aromatic rings. The minimum atomic E-state index is -0.578. The molecule has 0 aliphatic carbocycles. The Kier molecular flexibility index (Phi) is 4.19. The van der Waals surface area contributed by atoms with Gasteiger partial charge in [-0.1, -0.05) is 6.07 Å². The zero-order chi connectivity index (χ0) is 14.4. The smallest absolute Gasteiger partial charge is 0.289 e. The van der Waals surface area contributed by atoms with E-state index in [1.54, 1.807) is 6.20 Å². The Bertz CT molecular complexity index is 652. The lowest BCUT2D eigenvalue weighted by atomic mass is 10.2. The number of hydrogen-bond acceptors (Lipinski definition) is 6. The third-order valence-electron chi connectivity index (χ3n) is 2.60. The highest BCUT2D eigenvalue weighted by molar-refractivity contribution is 5.55. The maximum Gasteiger partial charge on any atom is 0.289 e. The lowest BCUT2D eigenvalue weighted by molar-refractivity contribution is -0.385. The molecule has 20 heavy (non-hydrogen) atoms. The topological polar surface area (TPSA) is 105 Å². The first-order chi connectivity index (χ1) is 9.70. The predicted molar refractivity (Wildman–Crippen MR) is 72.0 cm³/mol. The molecule has 0 aliphatic rings. The molecule has 0 amide bonds. The molecule has 0 saturated heterocycles. The SMILES string of the molecule is N#Cc1cc([N+](=O)[O-])cnc1NCCc1ccccn1. The van der Waals surface area contributed by atoms with Crippen molar-refractivity contribution < 1.29 is 4.92 Å². The maximum atomic E-state index is 10.6. The molecule has 0 aromatic carbocycles. The van der Waals surface area contributed by atoms with Crippen LogP contribution in [0.3, 0.4) is 0 Å². The first-order valence-corrected chi connectivity index (χ1v) is 5.89. The first-order valence-electron chi connectivity index (χ1n) is 5.89. The zero-order valence-corrected chi connectivity index (χ0v) is 10.5. The van der Waals surface area contributed by atoms with Gasteiger partial charge in [-0.3, -0.25) is 15.1 Å². The number of aromatic nitrogens is 2. The summed E-state index contributed by atoms with van der Waals surface area (Å²) in [4.78, 5) is 18.1. The molecule has 2 rings (SSSR count). The second kappa shape index (κ2) is 6.24. The molecule has 0 atom stereocenters. The van der Waals surface area contributed by atoms with E-state index in [0.717, 1.165) is 11.9 Å². The van der Waals surface area contributed by atoms with Crippen molar-refractivity contribution in [3.8, 4) is 6.07 Å². The lowest BCUT2D eigenvalue weighted by Crippen LogP contribution is -2.09. The molecule has 0 fully saturated rings. The number of rotatable bonds is 5. The lowest BCUT2D eigenvalue weighted by Gasteiger charge is -2.06. The van der Waals surface area contributed by atoms with Crippen LogP contribution in [0, 0.1) is 21.4 Å². The molecule has 0 unspecified atom stereocenters. The van der Waals surface area contributed by atoms with Crippen LogP contribution in [0.5, 0.6) is 0 Å². The Hall–Kier alpha value is -3.01. The van der Waals surface area contributed by atoms with Crippen LogP contribution in [-0.4, -0.2) is 21.4 Å². The highest BCUT2D eigenvalue weighted by Gasteiger charge is 2.11. The van der Waals surface area contributed by atoms with Crippen LogP contribution in [0.4, 0.5) is 11.5 Å². The van der Waals surface area contributed by atoms with Crippen molar-refractivity contribution in [3.05, 3.63) is 58.0 Å². The number of nitrogens with zero attached hydrogens (tertiary/aromatic N) is 4. The molecule has 2 aromatic heterocycles. The standard InChI is InChI=1S/C13H11N5O2/c14-8-10-7-12(18(19)20)9-17-13(10)16-6-4-11-3-1-2-5-15-11/h1-3,5,7,9H,4,6H2,(H,16,17). The second-order valence-electron chi connectivity index (χ2n) is 3.96. The number of pyridine rings is 2. The van der Waals surface area contributed by atoms with Gasteiger partial charge in [0.05, 0.1) is 4.92 Å². The van der Waals surface area contributed by atoms with Crippen molar-refractivity contribution in [2.45, 2.75) is 6.42 Å². The van der Waals surface area contributed by atoms with Crippen LogP contribution in [0.25, 0.3) is 0 Å². The third-order valence-corrected chi connectivity index (χ3v) is 2.60. The molecule has 1 N–H and O–H groups in total. The number of hydrogen-bond donors (Lipinski definition) is 1.